The fraction of sp³-hybridized carbons (Fsp3) is 1.00. The Hall–Kier alpha value is -0.120. The van der Waals surface area contributed by atoms with Gasteiger partial charge in [-0.25, -0.2) is 0 Å². The van der Waals surface area contributed by atoms with Crippen molar-refractivity contribution in [2.24, 2.45) is 11.8 Å². The Bertz CT molecular complexity index is 327. The molecule has 21 heavy (non-hydrogen) atoms. The van der Waals surface area contributed by atoms with Crippen LogP contribution in [-0.4, -0.2) is 37.5 Å². The van der Waals surface area contributed by atoms with E-state index in [0.717, 1.165) is 32.1 Å². The zero-order valence-electron chi connectivity index (χ0n) is 13.9. The monoisotopic (exact) mass is 295 g/mol. The van der Waals surface area contributed by atoms with Crippen molar-refractivity contribution in [1.82, 2.24) is 5.32 Å². The molecule has 4 atom stereocenters. The normalized spacial score (nSPS) is 37.1. The Morgan fingerprint density at radius 2 is 1.95 bits per heavy atom. The van der Waals surface area contributed by atoms with E-state index in [9.17, 15) is 0 Å². The van der Waals surface area contributed by atoms with Gasteiger partial charge < -0.3 is 14.8 Å². The molecule has 2 heterocycles. The third kappa shape index (κ3) is 3.30. The van der Waals surface area contributed by atoms with Crippen LogP contribution in [0.25, 0.3) is 0 Å². The van der Waals surface area contributed by atoms with Gasteiger partial charge >= 0.3 is 0 Å². The summed E-state index contributed by atoms with van der Waals surface area (Å²) >= 11 is 0. The maximum absolute atomic E-state index is 6.24. The molecule has 3 rings (SSSR count). The second-order valence-corrected chi connectivity index (χ2v) is 7.34. The summed E-state index contributed by atoms with van der Waals surface area (Å²) in [5.74, 6) is 1.48. The molecular formula is C18H33NO2. The van der Waals surface area contributed by atoms with Crippen molar-refractivity contribution in [1.29, 1.82) is 0 Å². The predicted molar refractivity (Wildman–Crippen MR) is 85.5 cm³/mol. The number of ether oxygens (including phenoxy) is 2. The van der Waals surface area contributed by atoms with Crippen molar-refractivity contribution < 1.29 is 9.47 Å². The van der Waals surface area contributed by atoms with E-state index < -0.39 is 0 Å². The Kier molecular flexibility index (Phi) is 5.23. The average molecular weight is 295 g/mol. The summed E-state index contributed by atoms with van der Waals surface area (Å²) in [5, 5.41) is 3.83. The van der Waals surface area contributed by atoms with Crippen LogP contribution in [0.2, 0.25) is 0 Å². The number of hydrogen-bond acceptors (Lipinski definition) is 3. The van der Waals surface area contributed by atoms with E-state index >= 15 is 0 Å². The maximum atomic E-state index is 6.24. The molecule has 3 fully saturated rings. The van der Waals surface area contributed by atoms with Crippen LogP contribution in [-0.2, 0) is 9.47 Å². The Morgan fingerprint density at radius 3 is 2.67 bits per heavy atom. The van der Waals surface area contributed by atoms with Crippen LogP contribution in [0.4, 0.5) is 0 Å². The lowest BCUT2D eigenvalue weighted by Gasteiger charge is -2.44. The lowest BCUT2D eigenvalue weighted by molar-refractivity contribution is -0.102. The fourth-order valence-electron chi connectivity index (χ4n) is 5.14. The third-order valence-corrected chi connectivity index (χ3v) is 6.12. The molecule has 0 amide bonds. The third-order valence-electron chi connectivity index (χ3n) is 6.12. The summed E-state index contributed by atoms with van der Waals surface area (Å²) in [6, 6.07) is 0.629. The van der Waals surface area contributed by atoms with Crippen molar-refractivity contribution >= 4 is 0 Å². The minimum absolute atomic E-state index is 0.234. The first-order valence-corrected chi connectivity index (χ1v) is 9.27. The molecule has 3 aliphatic rings. The van der Waals surface area contributed by atoms with Gasteiger partial charge in [-0.3, -0.25) is 0 Å². The van der Waals surface area contributed by atoms with Crippen molar-refractivity contribution in [3.8, 4) is 0 Å². The Balaban J connectivity index is 1.70. The van der Waals surface area contributed by atoms with Crippen molar-refractivity contribution in [3.05, 3.63) is 0 Å². The molecule has 1 saturated carbocycles. The molecule has 0 aromatic rings. The molecule has 0 radical (unpaired) electrons. The SMILES string of the molecule is CCNC(C1CCOC2(CCCC2)C1)C1CCOC1CC. The topological polar surface area (TPSA) is 30.5 Å². The molecule has 3 nitrogen and oxygen atoms in total. The molecule has 1 aliphatic carbocycles. The quantitative estimate of drug-likeness (QED) is 0.842. The smallest absolute Gasteiger partial charge is 0.0685 e. The molecule has 1 N–H and O–H groups in total. The molecule has 3 heteroatoms. The van der Waals surface area contributed by atoms with Crippen LogP contribution < -0.4 is 5.32 Å². The van der Waals surface area contributed by atoms with Crippen LogP contribution in [0.15, 0.2) is 0 Å². The minimum atomic E-state index is 0.234. The lowest BCUT2D eigenvalue weighted by Crippen LogP contribution is -2.50. The summed E-state index contributed by atoms with van der Waals surface area (Å²) in [6.07, 6.45) is 10.7. The Morgan fingerprint density at radius 1 is 1.14 bits per heavy atom. The van der Waals surface area contributed by atoms with E-state index in [-0.39, 0.29) is 5.60 Å². The molecule has 2 saturated heterocycles. The van der Waals surface area contributed by atoms with Crippen LogP contribution in [0.3, 0.4) is 0 Å². The van der Waals surface area contributed by atoms with Gasteiger partial charge in [-0.1, -0.05) is 26.7 Å². The van der Waals surface area contributed by atoms with Gasteiger partial charge in [-0.05, 0) is 51.0 Å². The second-order valence-electron chi connectivity index (χ2n) is 7.34. The lowest BCUT2D eigenvalue weighted by atomic mass is 9.74. The molecule has 0 aromatic carbocycles. The zero-order chi connectivity index (χ0) is 14.7. The van der Waals surface area contributed by atoms with E-state index in [0.29, 0.717) is 18.1 Å². The van der Waals surface area contributed by atoms with Gasteiger partial charge in [0.05, 0.1) is 11.7 Å². The molecule has 1 spiro atoms. The second kappa shape index (κ2) is 6.97. The highest BCUT2D eigenvalue weighted by Gasteiger charge is 2.45. The van der Waals surface area contributed by atoms with Crippen molar-refractivity contribution in [2.75, 3.05) is 19.8 Å². The van der Waals surface area contributed by atoms with Gasteiger partial charge in [0.2, 0.25) is 0 Å². The molecule has 4 unspecified atom stereocenters. The minimum Gasteiger partial charge on any atom is -0.378 e. The van der Waals surface area contributed by atoms with Gasteiger partial charge in [0.25, 0.3) is 0 Å². The molecule has 122 valence electrons. The first-order valence-electron chi connectivity index (χ1n) is 9.27. The molecule has 0 aromatic heterocycles. The molecule has 2 aliphatic heterocycles. The standard InChI is InChI=1S/C18H33NO2/c1-3-16-15(8-11-20-16)17(19-4-2)14-7-12-21-18(13-14)9-5-6-10-18/h14-17,19H,3-13H2,1-2H3. The summed E-state index contributed by atoms with van der Waals surface area (Å²) in [6.45, 7) is 7.52. The Labute approximate surface area is 130 Å². The summed E-state index contributed by atoms with van der Waals surface area (Å²) in [4.78, 5) is 0. The largest absolute Gasteiger partial charge is 0.378 e. The van der Waals surface area contributed by atoms with E-state index in [2.05, 4.69) is 19.2 Å². The van der Waals surface area contributed by atoms with Crippen LogP contribution in [0.1, 0.15) is 65.2 Å². The van der Waals surface area contributed by atoms with Gasteiger partial charge in [0, 0.05) is 25.2 Å². The van der Waals surface area contributed by atoms with E-state index in [1.54, 1.807) is 0 Å². The van der Waals surface area contributed by atoms with Gasteiger partial charge in [-0.15, -0.1) is 0 Å². The summed E-state index contributed by atoms with van der Waals surface area (Å²) in [5.41, 5.74) is 0.234. The molecular weight excluding hydrogens is 262 g/mol. The van der Waals surface area contributed by atoms with Gasteiger partial charge in [0.15, 0.2) is 0 Å². The first-order chi connectivity index (χ1) is 10.3. The fourth-order valence-corrected chi connectivity index (χ4v) is 5.14. The predicted octanol–water partition coefficient (Wildman–Crippen LogP) is 3.52. The first kappa shape index (κ1) is 15.8. The summed E-state index contributed by atoms with van der Waals surface area (Å²) in [7, 11) is 0. The highest BCUT2D eigenvalue weighted by molar-refractivity contribution is 4.97. The van der Waals surface area contributed by atoms with Gasteiger partial charge in [0.1, 0.15) is 0 Å². The van der Waals surface area contributed by atoms with E-state index in [4.69, 9.17) is 9.47 Å². The van der Waals surface area contributed by atoms with Gasteiger partial charge in [-0.2, -0.15) is 0 Å². The number of hydrogen-bond donors (Lipinski definition) is 1. The average Bonchev–Trinajstić information content (AvgIpc) is 3.14. The van der Waals surface area contributed by atoms with Crippen LogP contribution >= 0.6 is 0 Å². The number of nitrogens with one attached hydrogen (secondary N) is 1. The van der Waals surface area contributed by atoms with Crippen LogP contribution in [0.5, 0.6) is 0 Å². The zero-order valence-corrected chi connectivity index (χ0v) is 13.9. The maximum Gasteiger partial charge on any atom is 0.0685 e. The summed E-state index contributed by atoms with van der Waals surface area (Å²) < 4.78 is 12.2. The van der Waals surface area contributed by atoms with Crippen molar-refractivity contribution in [2.45, 2.75) is 83.0 Å². The molecule has 0 bridgehead atoms. The highest BCUT2D eigenvalue weighted by Crippen LogP contribution is 2.44. The van der Waals surface area contributed by atoms with E-state index in [1.807, 2.05) is 0 Å². The highest BCUT2D eigenvalue weighted by atomic mass is 16.5. The van der Waals surface area contributed by atoms with Crippen molar-refractivity contribution in [3.63, 3.8) is 0 Å². The van der Waals surface area contributed by atoms with E-state index in [1.165, 1.54) is 44.9 Å². The number of rotatable bonds is 5. The van der Waals surface area contributed by atoms with Crippen LogP contribution in [0, 0.1) is 11.8 Å².